The Bertz CT molecular complexity index is 367. The average molecular weight is 286 g/mol. The minimum absolute atomic E-state index is 0.186. The van der Waals surface area contributed by atoms with Crippen LogP contribution in [0.5, 0.6) is 5.75 Å². The van der Waals surface area contributed by atoms with Crippen molar-refractivity contribution in [3.63, 3.8) is 0 Å². The van der Waals surface area contributed by atoms with Crippen molar-refractivity contribution in [2.45, 2.75) is 33.4 Å². The monoisotopic (exact) mass is 286 g/mol. The topological polar surface area (TPSA) is 24.5 Å². The highest BCUT2D eigenvalue weighted by Gasteiger charge is 2.08. The van der Waals surface area contributed by atoms with Gasteiger partial charge in [0.2, 0.25) is 0 Å². The van der Waals surface area contributed by atoms with Crippen molar-refractivity contribution < 1.29 is 13.5 Å². The summed E-state index contributed by atoms with van der Waals surface area (Å²) in [5.74, 6) is 0.194. The van der Waals surface area contributed by atoms with Crippen molar-refractivity contribution in [3.8, 4) is 5.75 Å². The summed E-state index contributed by atoms with van der Waals surface area (Å²) in [4.78, 5) is 2.35. The average Bonchev–Trinajstić information content (AvgIpc) is 2.43. The zero-order valence-electron chi connectivity index (χ0n) is 12.4. The van der Waals surface area contributed by atoms with Crippen molar-refractivity contribution >= 4 is 0 Å². The highest BCUT2D eigenvalue weighted by atomic mass is 19.3. The molecule has 0 aromatic heterocycles. The molecule has 1 rings (SSSR count). The molecule has 0 bridgehead atoms. The van der Waals surface area contributed by atoms with Crippen LogP contribution in [0.25, 0.3) is 0 Å². The summed E-state index contributed by atoms with van der Waals surface area (Å²) in [6.45, 7) is 7.58. The van der Waals surface area contributed by atoms with E-state index in [0.717, 1.165) is 31.7 Å². The van der Waals surface area contributed by atoms with Gasteiger partial charge in [-0.15, -0.1) is 0 Å². The second-order valence-corrected chi connectivity index (χ2v) is 4.65. The first-order valence-electron chi connectivity index (χ1n) is 7.07. The molecule has 3 nitrogen and oxygen atoms in total. The lowest BCUT2D eigenvalue weighted by molar-refractivity contribution is -0.0498. The zero-order valence-corrected chi connectivity index (χ0v) is 12.4. The van der Waals surface area contributed by atoms with Crippen LogP contribution in [0.1, 0.15) is 32.4 Å². The van der Waals surface area contributed by atoms with Gasteiger partial charge in [0.05, 0.1) is 0 Å². The molecule has 0 saturated carbocycles. The predicted octanol–water partition coefficient (Wildman–Crippen LogP) is 3.28. The van der Waals surface area contributed by atoms with Crippen LogP contribution in [0, 0.1) is 0 Å². The fourth-order valence-corrected chi connectivity index (χ4v) is 2.03. The maximum absolute atomic E-state index is 12.0. The van der Waals surface area contributed by atoms with E-state index in [0.29, 0.717) is 0 Å². The third kappa shape index (κ3) is 5.84. The third-order valence-corrected chi connectivity index (χ3v) is 3.38. The molecule has 1 unspecified atom stereocenters. The fraction of sp³-hybridized carbons (Fsp3) is 0.600. The number of ether oxygens (including phenoxy) is 1. The van der Waals surface area contributed by atoms with Crippen LogP contribution >= 0.6 is 0 Å². The maximum Gasteiger partial charge on any atom is 0.387 e. The van der Waals surface area contributed by atoms with Crippen molar-refractivity contribution in [2.75, 3.05) is 26.2 Å². The van der Waals surface area contributed by atoms with E-state index in [1.54, 1.807) is 12.1 Å². The lowest BCUT2D eigenvalue weighted by Gasteiger charge is -2.20. The fourth-order valence-electron chi connectivity index (χ4n) is 2.03. The Morgan fingerprint density at radius 3 is 2.25 bits per heavy atom. The maximum atomic E-state index is 12.0. The Balaban J connectivity index is 2.41. The van der Waals surface area contributed by atoms with Crippen LogP contribution in [0.4, 0.5) is 8.78 Å². The van der Waals surface area contributed by atoms with Gasteiger partial charge in [0.1, 0.15) is 5.75 Å². The summed E-state index contributed by atoms with van der Waals surface area (Å²) < 4.78 is 28.4. The molecule has 0 heterocycles. The summed E-state index contributed by atoms with van der Waals surface area (Å²) >= 11 is 0. The molecule has 1 N–H and O–H groups in total. The largest absolute Gasteiger partial charge is 0.435 e. The van der Waals surface area contributed by atoms with Gasteiger partial charge in [-0.25, -0.2) is 0 Å². The number of hydrogen-bond acceptors (Lipinski definition) is 3. The van der Waals surface area contributed by atoms with Crippen LogP contribution in [0.15, 0.2) is 24.3 Å². The highest BCUT2D eigenvalue weighted by Crippen LogP contribution is 2.18. The number of alkyl halides is 2. The van der Waals surface area contributed by atoms with Crippen LogP contribution in [-0.4, -0.2) is 37.7 Å². The van der Waals surface area contributed by atoms with Crippen molar-refractivity contribution in [2.24, 2.45) is 0 Å². The summed E-state index contributed by atoms with van der Waals surface area (Å²) in [5, 5.41) is 3.43. The van der Waals surface area contributed by atoms with E-state index in [1.807, 2.05) is 12.1 Å². The normalized spacial score (nSPS) is 12.9. The number of benzene rings is 1. The quantitative estimate of drug-likeness (QED) is 0.754. The van der Waals surface area contributed by atoms with Gasteiger partial charge in [0.25, 0.3) is 0 Å². The van der Waals surface area contributed by atoms with Gasteiger partial charge in [0.15, 0.2) is 0 Å². The molecule has 0 radical (unpaired) electrons. The molecule has 1 aromatic carbocycles. The van der Waals surface area contributed by atoms with Crippen molar-refractivity contribution in [1.29, 1.82) is 0 Å². The van der Waals surface area contributed by atoms with Crippen LogP contribution < -0.4 is 10.1 Å². The van der Waals surface area contributed by atoms with Gasteiger partial charge in [-0.2, -0.15) is 8.78 Å². The number of halogens is 2. The van der Waals surface area contributed by atoms with Gasteiger partial charge in [0, 0.05) is 19.1 Å². The van der Waals surface area contributed by atoms with Gasteiger partial charge in [-0.3, -0.25) is 0 Å². The lowest BCUT2D eigenvalue weighted by atomic mass is 10.1. The first-order chi connectivity index (χ1) is 9.56. The van der Waals surface area contributed by atoms with Crippen LogP contribution in [0.3, 0.4) is 0 Å². The minimum atomic E-state index is -2.77. The van der Waals surface area contributed by atoms with Gasteiger partial charge in [-0.05, 0) is 37.7 Å². The first kappa shape index (κ1) is 16.9. The molecule has 1 aromatic rings. The van der Waals surface area contributed by atoms with Crippen LogP contribution in [-0.2, 0) is 0 Å². The lowest BCUT2D eigenvalue weighted by Crippen LogP contribution is -2.33. The molecule has 0 saturated heterocycles. The van der Waals surface area contributed by atoms with E-state index >= 15 is 0 Å². The Labute approximate surface area is 119 Å². The molecular formula is C15H24F2N2O. The number of likely N-dealkylation sites (N-methyl/N-ethyl adjacent to an activating group) is 1. The molecular weight excluding hydrogens is 262 g/mol. The SMILES string of the molecule is CCN(CC)CCNC(C)c1ccc(OC(F)F)cc1. The van der Waals surface area contributed by atoms with Crippen molar-refractivity contribution in [1.82, 2.24) is 10.2 Å². The molecule has 0 aliphatic carbocycles. The standard InChI is InChI=1S/C15H24F2N2O/c1-4-19(5-2)11-10-18-12(3)13-6-8-14(9-7-13)20-15(16)17/h6-9,12,15,18H,4-5,10-11H2,1-3H3. The minimum Gasteiger partial charge on any atom is -0.435 e. The third-order valence-electron chi connectivity index (χ3n) is 3.38. The van der Waals surface area contributed by atoms with E-state index in [1.165, 1.54) is 0 Å². The zero-order chi connectivity index (χ0) is 15.0. The summed E-state index contributed by atoms with van der Waals surface area (Å²) in [6, 6.07) is 6.96. The molecule has 0 amide bonds. The number of nitrogens with zero attached hydrogens (tertiary/aromatic N) is 1. The Morgan fingerprint density at radius 1 is 1.15 bits per heavy atom. The summed E-state index contributed by atoms with van der Waals surface area (Å²) in [7, 11) is 0. The van der Waals surface area contributed by atoms with Crippen molar-refractivity contribution in [3.05, 3.63) is 29.8 Å². The molecule has 5 heteroatoms. The van der Waals surface area contributed by atoms with E-state index in [9.17, 15) is 8.78 Å². The van der Waals surface area contributed by atoms with Crippen LogP contribution in [0.2, 0.25) is 0 Å². The molecule has 1 atom stereocenters. The first-order valence-corrected chi connectivity index (χ1v) is 7.07. The number of hydrogen-bond donors (Lipinski definition) is 1. The van der Waals surface area contributed by atoms with E-state index < -0.39 is 6.61 Å². The molecule has 0 fully saturated rings. The number of nitrogens with one attached hydrogen (secondary N) is 1. The molecule has 0 spiro atoms. The second-order valence-electron chi connectivity index (χ2n) is 4.65. The number of rotatable bonds is 9. The summed E-state index contributed by atoms with van der Waals surface area (Å²) in [5.41, 5.74) is 1.06. The highest BCUT2D eigenvalue weighted by molar-refractivity contribution is 5.28. The summed E-state index contributed by atoms with van der Waals surface area (Å²) in [6.07, 6.45) is 0. The predicted molar refractivity (Wildman–Crippen MR) is 77.3 cm³/mol. The molecule has 20 heavy (non-hydrogen) atoms. The second kappa shape index (κ2) is 8.87. The van der Waals surface area contributed by atoms with E-state index in [2.05, 4.69) is 35.7 Å². The van der Waals surface area contributed by atoms with E-state index in [-0.39, 0.29) is 11.8 Å². The van der Waals surface area contributed by atoms with E-state index in [4.69, 9.17) is 0 Å². The molecule has 114 valence electrons. The Kier molecular flexibility index (Phi) is 7.47. The van der Waals surface area contributed by atoms with Gasteiger partial charge in [-0.1, -0.05) is 26.0 Å². The Hall–Kier alpha value is -1.20. The Morgan fingerprint density at radius 2 is 1.75 bits per heavy atom. The van der Waals surface area contributed by atoms with Gasteiger partial charge < -0.3 is 15.0 Å². The molecule has 0 aliphatic rings. The molecule has 0 aliphatic heterocycles. The van der Waals surface area contributed by atoms with Gasteiger partial charge >= 0.3 is 6.61 Å². The smallest absolute Gasteiger partial charge is 0.387 e.